The molecule has 2 N–H and O–H groups in total. The number of hydrogen-bond acceptors (Lipinski definition) is 6. The van der Waals surface area contributed by atoms with Gasteiger partial charge in [-0.05, 0) is 43.3 Å². The van der Waals surface area contributed by atoms with Crippen LogP contribution in [0.25, 0.3) is 11.3 Å². The van der Waals surface area contributed by atoms with E-state index in [9.17, 15) is 18.0 Å². The number of carboxylic acid groups (broad SMARTS) is 1. The summed E-state index contributed by atoms with van der Waals surface area (Å²) in [5.74, 6) is -2.02. The van der Waals surface area contributed by atoms with Crippen LogP contribution in [-0.2, 0) is 4.79 Å². The Morgan fingerprint density at radius 2 is 1.73 bits per heavy atom. The molecule has 158 valence electrons. The Bertz CT molecular complexity index is 973. The van der Waals surface area contributed by atoms with E-state index in [4.69, 9.17) is 19.2 Å². The lowest BCUT2D eigenvalue weighted by Gasteiger charge is -2.04. The third kappa shape index (κ3) is 6.62. The molecule has 11 heteroatoms. The molecule has 1 amide bonds. The maximum absolute atomic E-state index is 12.2. The first-order valence-corrected chi connectivity index (χ1v) is 8.42. The fraction of sp³-hybridized carbons (Fsp3) is 0.158. The molecule has 0 aliphatic carbocycles. The predicted molar refractivity (Wildman–Crippen MR) is 99.0 cm³/mol. The smallest absolute Gasteiger partial charge is 0.490 e. The number of benzene rings is 1. The molecule has 8 nitrogen and oxygen atoms in total. The van der Waals surface area contributed by atoms with Crippen LogP contribution < -0.4 is 10.1 Å². The van der Waals surface area contributed by atoms with Gasteiger partial charge < -0.3 is 14.4 Å². The highest BCUT2D eigenvalue weighted by Crippen LogP contribution is 2.21. The second-order valence-corrected chi connectivity index (χ2v) is 5.53. The minimum absolute atomic E-state index is 0.273. The first kappa shape index (κ1) is 22.4. The molecule has 2 heterocycles. The summed E-state index contributed by atoms with van der Waals surface area (Å²) < 4.78 is 42.2. The zero-order valence-electron chi connectivity index (χ0n) is 15.5. The molecule has 0 saturated heterocycles. The van der Waals surface area contributed by atoms with E-state index in [1.54, 1.807) is 42.7 Å². The van der Waals surface area contributed by atoms with E-state index in [2.05, 4.69) is 15.5 Å². The van der Waals surface area contributed by atoms with Crippen LogP contribution in [0.15, 0.2) is 59.4 Å². The number of pyridine rings is 1. The topological polar surface area (TPSA) is 115 Å². The predicted octanol–water partition coefficient (Wildman–Crippen LogP) is 4.02. The number of nitrogens with one attached hydrogen (secondary N) is 1. The lowest BCUT2D eigenvalue weighted by atomic mass is 10.2. The Labute approximate surface area is 168 Å². The largest absolute Gasteiger partial charge is 0.494 e. The van der Waals surface area contributed by atoms with Crippen molar-refractivity contribution in [2.45, 2.75) is 13.1 Å². The summed E-state index contributed by atoms with van der Waals surface area (Å²) in [5, 5.41) is 13.7. The van der Waals surface area contributed by atoms with Crippen molar-refractivity contribution in [2.75, 3.05) is 11.9 Å². The van der Waals surface area contributed by atoms with Gasteiger partial charge in [0, 0.05) is 29.6 Å². The molecular weight excluding hydrogens is 407 g/mol. The average molecular weight is 423 g/mol. The van der Waals surface area contributed by atoms with Crippen molar-refractivity contribution in [2.24, 2.45) is 0 Å². The summed E-state index contributed by atoms with van der Waals surface area (Å²) in [6, 6.07) is 12.2. The number of amides is 1. The zero-order chi connectivity index (χ0) is 22.1. The Morgan fingerprint density at radius 3 is 2.27 bits per heavy atom. The average Bonchev–Trinajstić information content (AvgIpc) is 3.18. The number of carboxylic acids is 1. The van der Waals surface area contributed by atoms with Gasteiger partial charge in [0.05, 0.1) is 6.61 Å². The number of carbonyl (C=O) groups is 2. The summed E-state index contributed by atoms with van der Waals surface area (Å²) >= 11 is 0. The normalized spacial score (nSPS) is 10.5. The van der Waals surface area contributed by atoms with Gasteiger partial charge in [0.2, 0.25) is 5.88 Å². The van der Waals surface area contributed by atoms with Crippen molar-refractivity contribution in [3.05, 3.63) is 60.4 Å². The number of ether oxygens (including phenoxy) is 1. The number of halogens is 3. The van der Waals surface area contributed by atoms with Gasteiger partial charge in [0.15, 0.2) is 0 Å². The van der Waals surface area contributed by atoms with Gasteiger partial charge in [-0.3, -0.25) is 15.1 Å². The SMILES string of the molecule is CCOc1ccc(C(=O)Nc2cc(-c3ccncc3)no2)cc1.O=C(O)C(F)(F)F. The van der Waals surface area contributed by atoms with Crippen molar-refractivity contribution in [3.63, 3.8) is 0 Å². The third-order valence-corrected chi connectivity index (χ3v) is 3.39. The molecule has 2 aromatic heterocycles. The highest BCUT2D eigenvalue weighted by Gasteiger charge is 2.38. The Hall–Kier alpha value is -3.89. The van der Waals surface area contributed by atoms with Gasteiger partial charge in [-0.2, -0.15) is 13.2 Å². The molecule has 0 atom stereocenters. The van der Waals surface area contributed by atoms with Crippen LogP contribution in [0.3, 0.4) is 0 Å². The highest BCUT2D eigenvalue weighted by atomic mass is 19.4. The molecule has 0 aliphatic heterocycles. The minimum atomic E-state index is -5.08. The van der Waals surface area contributed by atoms with Crippen molar-refractivity contribution in [3.8, 4) is 17.0 Å². The number of anilines is 1. The second-order valence-electron chi connectivity index (χ2n) is 5.53. The second kappa shape index (κ2) is 10.0. The summed E-state index contributed by atoms with van der Waals surface area (Å²) in [6.45, 7) is 2.49. The molecule has 0 aliphatic rings. The Morgan fingerprint density at radius 1 is 1.13 bits per heavy atom. The monoisotopic (exact) mass is 423 g/mol. The van der Waals surface area contributed by atoms with Crippen LogP contribution >= 0.6 is 0 Å². The molecule has 3 rings (SSSR count). The third-order valence-electron chi connectivity index (χ3n) is 3.39. The molecule has 1 aromatic carbocycles. The van der Waals surface area contributed by atoms with Crippen LogP contribution in [-0.4, -0.2) is 39.9 Å². The molecule has 3 aromatic rings. The van der Waals surface area contributed by atoms with E-state index >= 15 is 0 Å². The van der Waals surface area contributed by atoms with Crippen molar-refractivity contribution < 1.29 is 37.1 Å². The van der Waals surface area contributed by atoms with Crippen molar-refractivity contribution >= 4 is 17.8 Å². The van der Waals surface area contributed by atoms with E-state index in [1.165, 1.54) is 0 Å². The van der Waals surface area contributed by atoms with Gasteiger partial charge in [0.25, 0.3) is 5.91 Å². The van der Waals surface area contributed by atoms with Crippen LogP contribution in [0.1, 0.15) is 17.3 Å². The van der Waals surface area contributed by atoms with Crippen LogP contribution in [0.5, 0.6) is 5.75 Å². The van der Waals surface area contributed by atoms with Crippen LogP contribution in [0.2, 0.25) is 0 Å². The van der Waals surface area contributed by atoms with E-state index < -0.39 is 12.1 Å². The molecule has 0 fully saturated rings. The number of hydrogen-bond donors (Lipinski definition) is 2. The maximum atomic E-state index is 12.2. The van der Waals surface area contributed by atoms with Gasteiger partial charge in [0.1, 0.15) is 11.4 Å². The number of carbonyl (C=O) groups excluding carboxylic acids is 1. The summed E-state index contributed by atoms with van der Waals surface area (Å²) in [7, 11) is 0. The standard InChI is InChI=1S/C17H15N3O3.C2HF3O2/c1-2-22-14-5-3-13(4-6-14)17(21)19-16-11-15(20-23-16)12-7-9-18-10-8-12;3-2(4,5)1(6)7/h3-11H,2H2,1H3,(H,19,21);(H,6,7). The number of alkyl halides is 3. The van der Waals surface area contributed by atoms with Gasteiger partial charge in [-0.15, -0.1) is 0 Å². The van der Waals surface area contributed by atoms with Gasteiger partial charge in [-0.1, -0.05) is 5.16 Å². The lowest BCUT2D eigenvalue weighted by molar-refractivity contribution is -0.192. The van der Waals surface area contributed by atoms with Crippen molar-refractivity contribution in [1.29, 1.82) is 0 Å². The number of rotatable bonds is 5. The minimum Gasteiger partial charge on any atom is -0.494 e. The Balaban J connectivity index is 0.000000396. The number of aromatic nitrogens is 2. The number of nitrogens with zero attached hydrogens (tertiary/aromatic N) is 2. The molecule has 30 heavy (non-hydrogen) atoms. The van der Waals surface area contributed by atoms with Crippen LogP contribution in [0.4, 0.5) is 19.1 Å². The van der Waals surface area contributed by atoms with Crippen molar-refractivity contribution in [1.82, 2.24) is 10.1 Å². The van der Waals surface area contributed by atoms with Gasteiger partial charge in [-0.25, -0.2) is 4.79 Å². The first-order valence-electron chi connectivity index (χ1n) is 8.42. The molecule has 0 saturated carbocycles. The molecule has 0 unspecified atom stereocenters. The summed E-state index contributed by atoms with van der Waals surface area (Å²) in [6.07, 6.45) is -1.75. The fourth-order valence-corrected chi connectivity index (χ4v) is 2.05. The quantitative estimate of drug-likeness (QED) is 0.637. The maximum Gasteiger partial charge on any atom is 0.490 e. The number of aliphatic carboxylic acids is 1. The van der Waals surface area contributed by atoms with E-state index in [0.29, 0.717) is 17.9 Å². The lowest BCUT2D eigenvalue weighted by Crippen LogP contribution is -2.21. The molecule has 0 radical (unpaired) electrons. The zero-order valence-corrected chi connectivity index (χ0v) is 15.5. The molecule has 0 spiro atoms. The first-order chi connectivity index (χ1) is 14.2. The summed E-state index contributed by atoms with van der Waals surface area (Å²) in [5.41, 5.74) is 2.01. The summed E-state index contributed by atoms with van der Waals surface area (Å²) in [4.78, 5) is 25.0. The van der Waals surface area contributed by atoms with Crippen LogP contribution in [0, 0.1) is 0 Å². The molecular formula is C19H16F3N3O5. The fourth-order valence-electron chi connectivity index (χ4n) is 2.05. The Kier molecular flexibility index (Phi) is 7.50. The van der Waals surface area contributed by atoms with Gasteiger partial charge >= 0.3 is 12.1 Å². The van der Waals surface area contributed by atoms with E-state index in [0.717, 1.165) is 11.3 Å². The highest BCUT2D eigenvalue weighted by molar-refractivity contribution is 6.03. The van der Waals surface area contributed by atoms with E-state index in [-0.39, 0.29) is 11.8 Å². The van der Waals surface area contributed by atoms with E-state index in [1.807, 2.05) is 19.1 Å². The molecule has 0 bridgehead atoms.